The lowest BCUT2D eigenvalue weighted by Gasteiger charge is -2.34. The number of rotatable bonds is 13. The van der Waals surface area contributed by atoms with Crippen molar-refractivity contribution in [3.8, 4) is 0 Å². The molecule has 3 aromatic carbocycles. The van der Waals surface area contributed by atoms with E-state index in [1.165, 1.54) is 4.90 Å². The molecule has 0 aliphatic rings. The maximum absolute atomic E-state index is 14.1. The van der Waals surface area contributed by atoms with Crippen LogP contribution in [0.15, 0.2) is 72.8 Å². The first kappa shape index (κ1) is 31.5. The molecular weight excluding hydrogens is 569 g/mol. The second kappa shape index (κ2) is 14.5. The maximum atomic E-state index is 14.1. The van der Waals surface area contributed by atoms with E-state index in [-0.39, 0.29) is 18.9 Å². The topological polar surface area (TPSA) is 86.8 Å². The Morgan fingerprint density at radius 3 is 2.23 bits per heavy atom. The summed E-state index contributed by atoms with van der Waals surface area (Å²) in [6.45, 7) is 3.79. The first-order valence-corrected chi connectivity index (χ1v) is 15.7. The van der Waals surface area contributed by atoms with Crippen LogP contribution in [0.3, 0.4) is 0 Å². The summed E-state index contributed by atoms with van der Waals surface area (Å²) < 4.78 is 26.9. The number of amides is 2. The second-order valence-corrected chi connectivity index (χ2v) is 12.4. The zero-order chi connectivity index (χ0) is 29.3. The third kappa shape index (κ3) is 8.71. The van der Waals surface area contributed by atoms with Gasteiger partial charge in [0.1, 0.15) is 12.6 Å². The molecule has 1 atom stereocenters. The highest BCUT2D eigenvalue weighted by Crippen LogP contribution is 2.28. The van der Waals surface area contributed by atoms with Crippen LogP contribution in [0.25, 0.3) is 0 Å². The molecule has 10 heteroatoms. The van der Waals surface area contributed by atoms with Crippen molar-refractivity contribution in [2.75, 3.05) is 23.7 Å². The van der Waals surface area contributed by atoms with Gasteiger partial charge in [-0.25, -0.2) is 8.42 Å². The van der Waals surface area contributed by atoms with Crippen molar-refractivity contribution in [1.82, 2.24) is 10.2 Å². The van der Waals surface area contributed by atoms with Crippen LogP contribution in [0.1, 0.15) is 36.5 Å². The van der Waals surface area contributed by atoms with E-state index in [9.17, 15) is 18.0 Å². The van der Waals surface area contributed by atoms with Crippen LogP contribution in [0.2, 0.25) is 10.0 Å². The number of unbranched alkanes of at least 4 members (excludes halogenated alkanes) is 1. The molecule has 0 fully saturated rings. The predicted octanol–water partition coefficient (Wildman–Crippen LogP) is 5.62. The van der Waals surface area contributed by atoms with Gasteiger partial charge in [0.15, 0.2) is 0 Å². The lowest BCUT2D eigenvalue weighted by molar-refractivity contribution is -0.140. The minimum absolute atomic E-state index is 0.0842. The van der Waals surface area contributed by atoms with Crippen molar-refractivity contribution in [3.63, 3.8) is 0 Å². The molecule has 3 rings (SSSR count). The fraction of sp³-hybridized carbons (Fsp3) is 0.333. The molecule has 1 N–H and O–H groups in total. The van der Waals surface area contributed by atoms with E-state index >= 15 is 0 Å². The zero-order valence-corrected chi connectivity index (χ0v) is 25.3. The van der Waals surface area contributed by atoms with Crippen LogP contribution in [-0.4, -0.2) is 50.5 Å². The summed E-state index contributed by atoms with van der Waals surface area (Å²) in [6.07, 6.45) is 3.00. The van der Waals surface area contributed by atoms with Crippen LogP contribution in [0.4, 0.5) is 5.69 Å². The zero-order valence-electron chi connectivity index (χ0n) is 22.9. The highest BCUT2D eigenvalue weighted by Gasteiger charge is 2.33. The molecule has 0 aliphatic carbocycles. The van der Waals surface area contributed by atoms with E-state index in [0.717, 1.165) is 34.5 Å². The van der Waals surface area contributed by atoms with Crippen LogP contribution < -0.4 is 9.62 Å². The lowest BCUT2D eigenvalue weighted by Crippen LogP contribution is -2.53. The van der Waals surface area contributed by atoms with Gasteiger partial charge in [-0.05, 0) is 54.3 Å². The van der Waals surface area contributed by atoms with Gasteiger partial charge in [-0.1, -0.05) is 85.1 Å². The highest BCUT2D eigenvalue weighted by molar-refractivity contribution is 7.92. The van der Waals surface area contributed by atoms with Gasteiger partial charge >= 0.3 is 0 Å². The molecule has 0 unspecified atom stereocenters. The Hall–Kier alpha value is -3.07. The lowest BCUT2D eigenvalue weighted by atomic mass is 10.0. The molecule has 0 saturated heterocycles. The molecule has 0 spiro atoms. The minimum Gasteiger partial charge on any atom is -0.354 e. The van der Waals surface area contributed by atoms with Crippen molar-refractivity contribution in [1.29, 1.82) is 0 Å². The number of hydrogen-bond donors (Lipinski definition) is 1. The summed E-state index contributed by atoms with van der Waals surface area (Å²) in [7, 11) is -3.88. The number of halogens is 2. The molecule has 0 aromatic heterocycles. The van der Waals surface area contributed by atoms with Gasteiger partial charge in [0.25, 0.3) is 0 Å². The van der Waals surface area contributed by atoms with Gasteiger partial charge < -0.3 is 10.2 Å². The average Bonchev–Trinajstić information content (AvgIpc) is 2.92. The van der Waals surface area contributed by atoms with E-state index < -0.39 is 28.5 Å². The smallest absolute Gasteiger partial charge is 0.244 e. The van der Waals surface area contributed by atoms with E-state index in [0.29, 0.717) is 27.8 Å². The van der Waals surface area contributed by atoms with Gasteiger partial charge in [0, 0.05) is 29.6 Å². The first-order chi connectivity index (χ1) is 19.0. The average molecular weight is 605 g/mol. The fourth-order valence-corrected chi connectivity index (χ4v) is 5.50. The molecule has 2 amide bonds. The van der Waals surface area contributed by atoms with Crippen LogP contribution >= 0.6 is 23.2 Å². The summed E-state index contributed by atoms with van der Waals surface area (Å²) in [5.41, 5.74) is 2.46. The summed E-state index contributed by atoms with van der Waals surface area (Å²) in [5.74, 6) is -0.823. The van der Waals surface area contributed by atoms with Crippen molar-refractivity contribution < 1.29 is 18.0 Å². The SMILES string of the molecule is CCCCNC(=O)[C@H](Cc1ccccc1)N(Cc1ccc(Cl)cc1)C(=O)CN(c1cccc(Cl)c1C)S(C)(=O)=O. The maximum Gasteiger partial charge on any atom is 0.244 e. The number of benzene rings is 3. The number of nitrogens with zero attached hydrogens (tertiary/aromatic N) is 2. The third-order valence-corrected chi connectivity index (χ3v) is 8.34. The Balaban J connectivity index is 2.05. The number of anilines is 1. The molecule has 7 nitrogen and oxygen atoms in total. The summed E-state index contributed by atoms with van der Waals surface area (Å²) in [5, 5.41) is 3.89. The summed E-state index contributed by atoms with van der Waals surface area (Å²) in [4.78, 5) is 29.1. The highest BCUT2D eigenvalue weighted by atomic mass is 35.5. The standard InChI is InChI=1S/C30H35Cl2N3O4S/c1-4-5-18-33-30(37)28(19-23-10-7-6-8-11-23)34(20-24-14-16-25(31)17-15-24)29(36)21-35(40(3,38)39)27-13-9-12-26(32)22(27)2/h6-17,28H,4-5,18-21H2,1-3H3,(H,33,37)/t28-/m0/s1. The van der Waals surface area contributed by atoms with E-state index in [4.69, 9.17) is 23.2 Å². The number of nitrogens with one attached hydrogen (secondary N) is 1. The second-order valence-electron chi connectivity index (χ2n) is 9.65. The monoisotopic (exact) mass is 603 g/mol. The Labute approximate surface area is 247 Å². The largest absolute Gasteiger partial charge is 0.354 e. The van der Waals surface area contributed by atoms with E-state index in [2.05, 4.69) is 5.32 Å². The molecule has 0 saturated carbocycles. The van der Waals surface area contributed by atoms with Crippen molar-refractivity contribution in [3.05, 3.63) is 99.5 Å². The molecule has 0 bridgehead atoms. The molecule has 0 heterocycles. The van der Waals surface area contributed by atoms with Gasteiger partial charge in [0.05, 0.1) is 11.9 Å². The van der Waals surface area contributed by atoms with Gasteiger partial charge in [-0.3, -0.25) is 13.9 Å². The molecule has 214 valence electrons. The van der Waals surface area contributed by atoms with E-state index in [1.807, 2.05) is 37.3 Å². The normalized spacial score (nSPS) is 12.0. The Kier molecular flexibility index (Phi) is 11.4. The van der Waals surface area contributed by atoms with Gasteiger partial charge in [0.2, 0.25) is 21.8 Å². The van der Waals surface area contributed by atoms with Crippen molar-refractivity contribution >= 4 is 50.7 Å². The fourth-order valence-electron chi connectivity index (χ4n) is 4.31. The molecular formula is C30H35Cl2N3O4S. The number of hydrogen-bond acceptors (Lipinski definition) is 4. The Morgan fingerprint density at radius 2 is 1.60 bits per heavy atom. The minimum atomic E-state index is -3.88. The summed E-state index contributed by atoms with van der Waals surface area (Å²) >= 11 is 12.4. The van der Waals surface area contributed by atoms with Gasteiger partial charge in [-0.2, -0.15) is 0 Å². The van der Waals surface area contributed by atoms with Crippen molar-refractivity contribution in [2.45, 2.75) is 45.7 Å². The van der Waals surface area contributed by atoms with Crippen LogP contribution in [0, 0.1) is 6.92 Å². The molecule has 0 aliphatic heterocycles. The van der Waals surface area contributed by atoms with Crippen LogP contribution in [0.5, 0.6) is 0 Å². The number of carbonyl (C=O) groups is 2. The Bertz CT molecular complexity index is 1400. The number of sulfonamides is 1. The van der Waals surface area contributed by atoms with Gasteiger partial charge in [-0.15, -0.1) is 0 Å². The number of carbonyl (C=O) groups excluding carboxylic acids is 2. The molecule has 3 aromatic rings. The Morgan fingerprint density at radius 1 is 0.925 bits per heavy atom. The quantitative estimate of drug-likeness (QED) is 0.257. The predicted molar refractivity (Wildman–Crippen MR) is 162 cm³/mol. The van der Waals surface area contributed by atoms with E-state index in [1.54, 1.807) is 49.4 Å². The molecule has 40 heavy (non-hydrogen) atoms. The summed E-state index contributed by atoms with van der Waals surface area (Å²) in [6, 6.07) is 20.4. The first-order valence-electron chi connectivity index (χ1n) is 13.1. The van der Waals surface area contributed by atoms with Crippen LogP contribution in [-0.2, 0) is 32.6 Å². The third-order valence-electron chi connectivity index (χ3n) is 6.55. The molecule has 0 radical (unpaired) electrons. The van der Waals surface area contributed by atoms with Crippen molar-refractivity contribution in [2.24, 2.45) is 0 Å².